The van der Waals surface area contributed by atoms with Crippen LogP contribution in [0.5, 0.6) is 5.75 Å². The maximum atomic E-state index is 13.6. The molecule has 15 heteroatoms. The Labute approximate surface area is 221 Å². The maximum Gasteiger partial charge on any atom is 0.427 e. The molecule has 2 amide bonds. The fourth-order valence-electron chi connectivity index (χ4n) is 3.29. The molecule has 2 N–H and O–H groups in total. The van der Waals surface area contributed by atoms with Gasteiger partial charge in [-0.05, 0) is 50.2 Å². The first-order chi connectivity index (χ1) is 17.5. The standard InChI is InChI=1S/C23H22ClF3N4O6S/c1-13(32)29-11-16-12-31(38(34,35)17-5-6-18(24)14(8-17)10-28)19-9-15(4-7-20(19)36-16)30-21(33)37-22(2,3)23(25,26)27/h4-9,16H,11-12H2,1-3H3,(H,29,32)(H,30,33). The van der Waals surface area contributed by atoms with Crippen LogP contribution in [-0.2, 0) is 19.6 Å². The van der Waals surface area contributed by atoms with Crippen molar-refractivity contribution in [3.05, 3.63) is 47.0 Å². The highest BCUT2D eigenvalue weighted by molar-refractivity contribution is 7.92. The monoisotopic (exact) mass is 574 g/mol. The van der Waals surface area contributed by atoms with Crippen molar-refractivity contribution in [3.63, 3.8) is 0 Å². The van der Waals surface area contributed by atoms with Crippen LogP contribution in [0.3, 0.4) is 0 Å². The first kappa shape index (κ1) is 28.9. The molecule has 1 heterocycles. The van der Waals surface area contributed by atoms with Crippen molar-refractivity contribution in [2.45, 2.75) is 43.5 Å². The quantitative estimate of drug-likeness (QED) is 0.527. The van der Waals surface area contributed by atoms with Crippen LogP contribution in [-0.4, -0.2) is 51.4 Å². The predicted octanol–water partition coefficient (Wildman–Crippen LogP) is 4.19. The van der Waals surface area contributed by atoms with Gasteiger partial charge in [0.05, 0.1) is 34.3 Å². The summed E-state index contributed by atoms with van der Waals surface area (Å²) in [6.45, 7) is 2.31. The molecule has 0 bridgehead atoms. The van der Waals surface area contributed by atoms with Gasteiger partial charge in [0.2, 0.25) is 11.5 Å². The summed E-state index contributed by atoms with van der Waals surface area (Å²) in [5.41, 5.74) is -3.00. The second kappa shape index (κ2) is 10.6. The number of fused-ring (bicyclic) bond motifs is 1. The van der Waals surface area contributed by atoms with E-state index < -0.39 is 34.0 Å². The Kier molecular flexibility index (Phi) is 8.04. The maximum absolute atomic E-state index is 13.6. The largest absolute Gasteiger partial charge is 0.484 e. The number of rotatable bonds is 6. The van der Waals surface area contributed by atoms with Crippen molar-refractivity contribution < 1.29 is 40.7 Å². The molecule has 0 aromatic heterocycles. The number of carbonyl (C=O) groups is 2. The average Bonchev–Trinajstić information content (AvgIpc) is 2.81. The van der Waals surface area contributed by atoms with Crippen molar-refractivity contribution in [1.82, 2.24) is 5.32 Å². The molecule has 2 aromatic rings. The van der Waals surface area contributed by atoms with E-state index in [2.05, 4.69) is 15.4 Å². The van der Waals surface area contributed by atoms with Gasteiger partial charge in [-0.25, -0.2) is 13.2 Å². The van der Waals surface area contributed by atoms with Gasteiger partial charge in [-0.15, -0.1) is 0 Å². The summed E-state index contributed by atoms with van der Waals surface area (Å²) in [5.74, 6) is -0.316. The Balaban J connectivity index is 2.00. The van der Waals surface area contributed by atoms with Gasteiger partial charge in [0.1, 0.15) is 17.9 Å². The summed E-state index contributed by atoms with van der Waals surface area (Å²) >= 11 is 5.94. The number of ether oxygens (including phenoxy) is 2. The number of alkyl halides is 3. The smallest absolute Gasteiger partial charge is 0.427 e. The second-order valence-electron chi connectivity index (χ2n) is 8.67. The third-order valence-corrected chi connectivity index (χ3v) is 7.50. The normalized spacial score (nSPS) is 15.5. The van der Waals surface area contributed by atoms with E-state index >= 15 is 0 Å². The van der Waals surface area contributed by atoms with Crippen molar-refractivity contribution in [1.29, 1.82) is 5.26 Å². The van der Waals surface area contributed by atoms with E-state index in [-0.39, 0.29) is 51.6 Å². The topological polar surface area (TPSA) is 138 Å². The number of sulfonamides is 1. The molecule has 204 valence electrons. The van der Waals surface area contributed by atoms with Gasteiger partial charge < -0.3 is 14.8 Å². The van der Waals surface area contributed by atoms with E-state index in [1.54, 1.807) is 6.07 Å². The molecule has 0 saturated carbocycles. The summed E-state index contributed by atoms with van der Waals surface area (Å²) in [6, 6.07) is 9.12. The van der Waals surface area contributed by atoms with Crippen LogP contribution in [0, 0.1) is 11.3 Å². The first-order valence-corrected chi connectivity index (χ1v) is 12.7. The average molecular weight is 575 g/mol. The van der Waals surface area contributed by atoms with Crippen LogP contribution in [0.2, 0.25) is 5.02 Å². The molecule has 0 spiro atoms. The lowest BCUT2D eigenvalue weighted by Gasteiger charge is -2.36. The van der Waals surface area contributed by atoms with Gasteiger partial charge >= 0.3 is 12.3 Å². The summed E-state index contributed by atoms with van der Waals surface area (Å²) in [4.78, 5) is 23.3. The van der Waals surface area contributed by atoms with Crippen molar-refractivity contribution in [2.24, 2.45) is 0 Å². The fourth-order valence-corrected chi connectivity index (χ4v) is 4.98. The predicted molar refractivity (Wildman–Crippen MR) is 130 cm³/mol. The highest BCUT2D eigenvalue weighted by Gasteiger charge is 2.51. The van der Waals surface area contributed by atoms with Crippen molar-refractivity contribution in [3.8, 4) is 11.8 Å². The Hall–Kier alpha value is -3.70. The van der Waals surface area contributed by atoms with Crippen LogP contribution >= 0.6 is 11.6 Å². The van der Waals surface area contributed by atoms with E-state index in [1.165, 1.54) is 37.3 Å². The number of amides is 2. The Bertz CT molecular complexity index is 1410. The number of nitriles is 1. The molecule has 0 fully saturated rings. The summed E-state index contributed by atoms with van der Waals surface area (Å²) < 4.78 is 77.8. The number of halogens is 4. The highest BCUT2D eigenvalue weighted by Crippen LogP contribution is 2.40. The van der Waals surface area contributed by atoms with Gasteiger partial charge in [-0.1, -0.05) is 11.6 Å². The minimum Gasteiger partial charge on any atom is -0.484 e. The van der Waals surface area contributed by atoms with E-state index in [0.29, 0.717) is 13.8 Å². The molecule has 2 aromatic carbocycles. The van der Waals surface area contributed by atoms with Crippen LogP contribution in [0.1, 0.15) is 26.3 Å². The molecular weight excluding hydrogens is 553 g/mol. The molecule has 10 nitrogen and oxygen atoms in total. The first-order valence-electron chi connectivity index (χ1n) is 10.9. The van der Waals surface area contributed by atoms with Crippen molar-refractivity contribution in [2.75, 3.05) is 22.7 Å². The molecule has 38 heavy (non-hydrogen) atoms. The van der Waals surface area contributed by atoms with Gasteiger partial charge in [0.25, 0.3) is 10.0 Å². The van der Waals surface area contributed by atoms with E-state index in [1.807, 2.05) is 0 Å². The Morgan fingerprint density at radius 2 is 1.92 bits per heavy atom. The third-order valence-electron chi connectivity index (χ3n) is 5.39. The van der Waals surface area contributed by atoms with E-state index in [9.17, 15) is 36.4 Å². The fraction of sp³-hybridized carbons (Fsp3) is 0.348. The Morgan fingerprint density at radius 1 is 1.24 bits per heavy atom. The van der Waals surface area contributed by atoms with Crippen LogP contribution in [0.4, 0.5) is 29.3 Å². The van der Waals surface area contributed by atoms with Crippen LogP contribution in [0.25, 0.3) is 0 Å². The molecular formula is C23H22ClF3N4O6S. The molecule has 0 saturated heterocycles. The minimum absolute atomic E-state index is 0.0380. The summed E-state index contributed by atoms with van der Waals surface area (Å²) in [7, 11) is -4.35. The molecule has 0 aliphatic carbocycles. The molecule has 1 atom stereocenters. The zero-order valence-electron chi connectivity index (χ0n) is 20.2. The number of hydrogen-bond acceptors (Lipinski definition) is 7. The number of carbonyl (C=O) groups excluding carboxylic acids is 2. The van der Waals surface area contributed by atoms with Gasteiger partial charge in [-0.2, -0.15) is 18.4 Å². The number of hydrogen-bond donors (Lipinski definition) is 2. The Morgan fingerprint density at radius 3 is 2.53 bits per heavy atom. The number of benzene rings is 2. The van der Waals surface area contributed by atoms with Crippen LogP contribution < -0.4 is 19.7 Å². The summed E-state index contributed by atoms with van der Waals surface area (Å²) in [6.07, 6.45) is -7.07. The lowest BCUT2D eigenvalue weighted by Crippen LogP contribution is -2.48. The van der Waals surface area contributed by atoms with E-state index in [0.717, 1.165) is 10.4 Å². The second-order valence-corrected chi connectivity index (χ2v) is 10.9. The lowest BCUT2D eigenvalue weighted by atomic mass is 10.1. The number of anilines is 2. The van der Waals surface area contributed by atoms with Crippen molar-refractivity contribution >= 4 is 45.0 Å². The molecule has 1 aliphatic heterocycles. The third kappa shape index (κ3) is 6.22. The molecule has 1 unspecified atom stereocenters. The van der Waals surface area contributed by atoms with Gasteiger partial charge in [0.15, 0.2) is 0 Å². The summed E-state index contributed by atoms with van der Waals surface area (Å²) in [5, 5.41) is 14.0. The zero-order valence-corrected chi connectivity index (χ0v) is 21.8. The van der Waals surface area contributed by atoms with E-state index in [4.69, 9.17) is 16.3 Å². The molecule has 1 aliphatic rings. The minimum atomic E-state index is -4.83. The lowest BCUT2D eigenvalue weighted by molar-refractivity contribution is -0.242. The van der Waals surface area contributed by atoms with Gasteiger partial charge in [0, 0.05) is 12.6 Å². The highest BCUT2D eigenvalue weighted by atomic mass is 35.5. The van der Waals surface area contributed by atoms with Crippen LogP contribution in [0.15, 0.2) is 41.3 Å². The zero-order chi connectivity index (χ0) is 28.5. The SMILES string of the molecule is CC(=O)NCC1CN(S(=O)(=O)c2ccc(Cl)c(C#N)c2)c2cc(NC(=O)OC(C)(C)C(F)(F)F)ccc2O1. The number of nitrogens with zero attached hydrogens (tertiary/aromatic N) is 2. The number of nitrogens with one attached hydrogen (secondary N) is 2. The molecule has 3 rings (SSSR count). The molecule has 0 radical (unpaired) electrons. The van der Waals surface area contributed by atoms with Gasteiger partial charge in [-0.3, -0.25) is 14.4 Å².